The van der Waals surface area contributed by atoms with Crippen LogP contribution in [0.4, 0.5) is 0 Å². The van der Waals surface area contributed by atoms with Crippen LogP contribution in [0.1, 0.15) is 5.56 Å². The average molecular weight is 366 g/mol. The first-order chi connectivity index (χ1) is 13.6. The molecular weight excluding hydrogens is 348 g/mol. The van der Waals surface area contributed by atoms with E-state index in [0.717, 1.165) is 27.6 Å². The Balaban J connectivity index is 1.79. The Morgan fingerprint density at radius 1 is 0.786 bits per heavy atom. The molecule has 0 heterocycles. The molecule has 0 unspecified atom stereocenters. The summed E-state index contributed by atoms with van der Waals surface area (Å²) in [6.07, 6.45) is 0. The van der Waals surface area contributed by atoms with E-state index in [1.807, 2.05) is 36.4 Å². The van der Waals surface area contributed by atoms with Crippen LogP contribution in [0, 0.1) is 0 Å². The molecule has 0 aliphatic carbocycles. The maximum atomic E-state index is 11.1. The summed E-state index contributed by atoms with van der Waals surface area (Å²) in [5, 5.41) is 11.2. The van der Waals surface area contributed by atoms with Crippen molar-refractivity contribution in [1.29, 1.82) is 0 Å². The van der Waals surface area contributed by atoms with Gasteiger partial charge < -0.3 is 9.84 Å². The van der Waals surface area contributed by atoms with Crippen molar-refractivity contribution in [1.82, 2.24) is 0 Å². The number of carbonyl (C=O) groups is 1. The Morgan fingerprint density at radius 3 is 2.18 bits per heavy atom. The zero-order valence-electron chi connectivity index (χ0n) is 15.1. The fourth-order valence-electron chi connectivity index (χ4n) is 3.16. The second-order valence-corrected chi connectivity index (χ2v) is 6.44. The lowest BCUT2D eigenvalue weighted by Crippen LogP contribution is -1.97. The molecule has 0 bridgehead atoms. The normalized spacial score (nSPS) is 10.6. The van der Waals surface area contributed by atoms with Crippen molar-refractivity contribution in [3.05, 3.63) is 103 Å². The van der Waals surface area contributed by atoms with E-state index in [1.165, 1.54) is 0 Å². The maximum Gasteiger partial charge on any atom is 0.335 e. The summed E-state index contributed by atoms with van der Waals surface area (Å²) in [6, 6.07) is 29.3. The Hall–Kier alpha value is -3.85. The first kappa shape index (κ1) is 17.6. The summed E-state index contributed by atoms with van der Waals surface area (Å²) in [6.45, 7) is 3.59. The highest BCUT2D eigenvalue weighted by Gasteiger charge is 2.13. The molecule has 1 N–H and O–H groups in total. The van der Waals surface area contributed by atoms with Gasteiger partial charge in [-0.25, -0.2) is 4.79 Å². The molecule has 0 saturated carbocycles. The lowest BCUT2D eigenvalue weighted by atomic mass is 9.99. The Bertz CT molecular complexity index is 1160. The van der Waals surface area contributed by atoms with E-state index in [4.69, 9.17) is 9.84 Å². The minimum absolute atomic E-state index is 0.0571. The molecule has 3 nitrogen and oxygen atoms in total. The third kappa shape index (κ3) is 3.38. The summed E-state index contributed by atoms with van der Waals surface area (Å²) in [4.78, 5) is 11.1. The summed E-state index contributed by atoms with van der Waals surface area (Å²) < 4.78 is 6.30. The van der Waals surface area contributed by atoms with Gasteiger partial charge in [-0.1, -0.05) is 79.4 Å². The van der Waals surface area contributed by atoms with Gasteiger partial charge in [-0.2, -0.15) is 0 Å². The van der Waals surface area contributed by atoms with Crippen LogP contribution in [0.15, 0.2) is 97.6 Å². The van der Waals surface area contributed by atoms with Gasteiger partial charge >= 0.3 is 5.97 Å². The van der Waals surface area contributed by atoms with Crippen LogP contribution in [-0.4, -0.2) is 11.1 Å². The highest BCUT2D eigenvalue weighted by atomic mass is 16.5. The number of carboxylic acid groups (broad SMARTS) is 1. The van der Waals surface area contributed by atoms with E-state index in [1.54, 1.807) is 24.3 Å². The maximum absolute atomic E-state index is 11.1. The Morgan fingerprint density at radius 2 is 1.46 bits per heavy atom. The molecule has 3 heteroatoms. The molecule has 0 aromatic heterocycles. The minimum Gasteiger partial charge on any atom is -0.478 e. The molecule has 0 aliphatic heterocycles. The largest absolute Gasteiger partial charge is 0.478 e. The smallest absolute Gasteiger partial charge is 0.335 e. The van der Waals surface area contributed by atoms with Crippen molar-refractivity contribution in [3.63, 3.8) is 0 Å². The standard InChI is InChI=1S/C25H18O3/c1-17(25(26)27)18-11-14-21(15-12-18)28-24-22-10-6-5-9-20(22)13-16-23(24)19-7-3-2-4-8-19/h2-16H,1H2,(H,26,27). The first-order valence-electron chi connectivity index (χ1n) is 8.91. The van der Waals surface area contributed by atoms with Crippen LogP contribution in [0.5, 0.6) is 11.5 Å². The van der Waals surface area contributed by atoms with Crippen LogP contribution in [0.3, 0.4) is 0 Å². The van der Waals surface area contributed by atoms with E-state index < -0.39 is 5.97 Å². The van der Waals surface area contributed by atoms with Gasteiger partial charge in [-0.3, -0.25) is 0 Å². The number of ether oxygens (including phenoxy) is 1. The summed E-state index contributed by atoms with van der Waals surface area (Å²) >= 11 is 0. The molecule has 136 valence electrons. The fraction of sp³-hybridized carbons (Fsp3) is 0. The third-order valence-electron chi connectivity index (χ3n) is 4.65. The number of hydrogen-bond donors (Lipinski definition) is 1. The third-order valence-corrected chi connectivity index (χ3v) is 4.65. The average Bonchev–Trinajstić information content (AvgIpc) is 2.74. The van der Waals surface area contributed by atoms with Crippen molar-refractivity contribution in [3.8, 4) is 22.6 Å². The first-order valence-corrected chi connectivity index (χ1v) is 8.91. The zero-order valence-corrected chi connectivity index (χ0v) is 15.1. The highest BCUT2D eigenvalue weighted by Crippen LogP contribution is 2.39. The molecule has 0 aliphatic rings. The number of rotatable bonds is 5. The molecular formula is C25H18O3. The van der Waals surface area contributed by atoms with Crippen LogP contribution < -0.4 is 4.74 Å². The molecule has 4 aromatic rings. The number of fused-ring (bicyclic) bond motifs is 1. The van der Waals surface area contributed by atoms with Gasteiger partial charge in [0, 0.05) is 10.9 Å². The summed E-state index contributed by atoms with van der Waals surface area (Å²) in [7, 11) is 0. The molecule has 4 aromatic carbocycles. The van der Waals surface area contributed by atoms with Crippen LogP contribution in [-0.2, 0) is 4.79 Å². The molecule has 0 atom stereocenters. The van der Waals surface area contributed by atoms with Gasteiger partial charge in [0.1, 0.15) is 11.5 Å². The summed E-state index contributed by atoms with van der Waals surface area (Å²) in [5.41, 5.74) is 2.68. The van der Waals surface area contributed by atoms with E-state index in [0.29, 0.717) is 11.3 Å². The number of aliphatic carboxylic acids is 1. The molecule has 0 spiro atoms. The molecule has 0 saturated heterocycles. The SMILES string of the molecule is C=C(C(=O)O)c1ccc(Oc2c(-c3ccccc3)ccc3ccccc23)cc1. The van der Waals surface area contributed by atoms with E-state index >= 15 is 0 Å². The van der Waals surface area contributed by atoms with E-state index in [2.05, 4.69) is 36.9 Å². The zero-order chi connectivity index (χ0) is 19.5. The van der Waals surface area contributed by atoms with Crippen molar-refractivity contribution in [2.45, 2.75) is 0 Å². The van der Waals surface area contributed by atoms with Gasteiger partial charge in [0.25, 0.3) is 0 Å². The predicted molar refractivity (Wildman–Crippen MR) is 113 cm³/mol. The van der Waals surface area contributed by atoms with E-state index in [-0.39, 0.29) is 5.57 Å². The van der Waals surface area contributed by atoms with Crippen LogP contribution in [0.25, 0.3) is 27.5 Å². The van der Waals surface area contributed by atoms with Crippen LogP contribution in [0.2, 0.25) is 0 Å². The molecule has 0 amide bonds. The number of carboxylic acids is 1. The number of hydrogen-bond acceptors (Lipinski definition) is 2. The van der Waals surface area contributed by atoms with Gasteiger partial charge in [-0.15, -0.1) is 0 Å². The number of benzene rings is 4. The fourth-order valence-corrected chi connectivity index (χ4v) is 3.16. The second-order valence-electron chi connectivity index (χ2n) is 6.44. The van der Waals surface area contributed by atoms with Gasteiger partial charge in [0.15, 0.2) is 0 Å². The van der Waals surface area contributed by atoms with Gasteiger partial charge in [0.2, 0.25) is 0 Å². The Labute approximate surface area is 163 Å². The Kier molecular flexibility index (Phi) is 4.65. The topological polar surface area (TPSA) is 46.5 Å². The van der Waals surface area contributed by atoms with Crippen molar-refractivity contribution in [2.75, 3.05) is 0 Å². The van der Waals surface area contributed by atoms with Gasteiger partial charge in [-0.05, 0) is 34.7 Å². The summed E-state index contributed by atoms with van der Waals surface area (Å²) in [5.74, 6) is 0.374. The minimum atomic E-state index is -1.03. The highest BCUT2D eigenvalue weighted by molar-refractivity contribution is 6.14. The quantitative estimate of drug-likeness (QED) is 0.416. The molecule has 4 rings (SSSR count). The predicted octanol–water partition coefficient (Wildman–Crippen LogP) is 6.40. The van der Waals surface area contributed by atoms with Crippen molar-refractivity contribution in [2.24, 2.45) is 0 Å². The van der Waals surface area contributed by atoms with Gasteiger partial charge in [0.05, 0.1) is 5.57 Å². The van der Waals surface area contributed by atoms with Crippen LogP contribution >= 0.6 is 0 Å². The molecule has 0 fully saturated rings. The second kappa shape index (κ2) is 7.41. The monoisotopic (exact) mass is 366 g/mol. The molecule has 0 radical (unpaired) electrons. The van der Waals surface area contributed by atoms with Crippen molar-refractivity contribution >= 4 is 22.3 Å². The van der Waals surface area contributed by atoms with Crippen molar-refractivity contribution < 1.29 is 14.6 Å². The lowest BCUT2D eigenvalue weighted by Gasteiger charge is -2.15. The lowest BCUT2D eigenvalue weighted by molar-refractivity contribution is -0.130. The molecule has 28 heavy (non-hydrogen) atoms. The van der Waals surface area contributed by atoms with E-state index in [9.17, 15) is 4.79 Å².